The van der Waals surface area contributed by atoms with E-state index in [9.17, 15) is 4.79 Å². The molecule has 0 saturated carbocycles. The van der Waals surface area contributed by atoms with E-state index >= 15 is 0 Å². The first-order valence-corrected chi connectivity index (χ1v) is 10.4. The summed E-state index contributed by atoms with van der Waals surface area (Å²) in [5.41, 5.74) is 3.20. The number of amides is 1. The number of hydrogen-bond acceptors (Lipinski definition) is 5. The Bertz CT molecular complexity index is 1330. The lowest BCUT2D eigenvalue weighted by molar-refractivity contribution is 0.0998. The number of furan rings is 1. The monoisotopic (exact) mass is 434 g/mol. The van der Waals surface area contributed by atoms with Crippen LogP contribution >= 0.6 is 22.9 Å². The van der Waals surface area contributed by atoms with Gasteiger partial charge in [0.2, 0.25) is 5.13 Å². The molecule has 0 bridgehead atoms. The van der Waals surface area contributed by atoms with Crippen LogP contribution in [0.25, 0.3) is 27.4 Å². The number of benzene rings is 2. The minimum atomic E-state index is -0.346. The van der Waals surface area contributed by atoms with Crippen molar-refractivity contribution in [2.24, 2.45) is 0 Å². The fourth-order valence-electron chi connectivity index (χ4n) is 3.12. The lowest BCUT2D eigenvalue weighted by atomic mass is 10.2. The maximum absolute atomic E-state index is 12.8. The van der Waals surface area contributed by atoms with E-state index in [1.807, 2.05) is 60.8 Å². The number of halogens is 1. The van der Waals surface area contributed by atoms with Crippen LogP contribution in [0.3, 0.4) is 0 Å². The molecule has 0 unspecified atom stereocenters. The molecular weight excluding hydrogens is 420 g/mol. The fraction of sp³-hybridized carbons (Fsp3) is 0.0455. The van der Waals surface area contributed by atoms with E-state index in [-0.39, 0.29) is 11.7 Å². The zero-order valence-corrected chi connectivity index (χ0v) is 17.4. The molecule has 1 N–H and O–H groups in total. The van der Waals surface area contributed by atoms with Crippen molar-refractivity contribution in [3.63, 3.8) is 0 Å². The van der Waals surface area contributed by atoms with E-state index in [2.05, 4.69) is 15.4 Å². The standard InChI is InChI=1S/C22H15ClN4O2S/c1-13-10-20(25-21(28)19-11-15-4-2-3-5-18(15)29-19)27(26-13)22-24-17(12-30-22)14-6-8-16(23)9-7-14/h2-12H,1H3,(H,25,28). The van der Waals surface area contributed by atoms with Gasteiger partial charge in [-0.25, -0.2) is 4.98 Å². The highest BCUT2D eigenvalue weighted by atomic mass is 35.5. The molecule has 5 rings (SSSR count). The van der Waals surface area contributed by atoms with E-state index in [0.29, 0.717) is 21.6 Å². The number of aromatic nitrogens is 3. The molecule has 0 aliphatic carbocycles. The summed E-state index contributed by atoms with van der Waals surface area (Å²) < 4.78 is 7.29. The summed E-state index contributed by atoms with van der Waals surface area (Å²) in [6.45, 7) is 1.86. The minimum absolute atomic E-state index is 0.239. The van der Waals surface area contributed by atoms with Crippen LogP contribution in [0, 0.1) is 6.92 Å². The first-order chi connectivity index (χ1) is 14.6. The number of fused-ring (bicyclic) bond motifs is 1. The Morgan fingerprint density at radius 2 is 1.93 bits per heavy atom. The summed E-state index contributed by atoms with van der Waals surface area (Å²) in [6, 6.07) is 18.5. The smallest absolute Gasteiger partial charge is 0.292 e. The summed E-state index contributed by atoms with van der Waals surface area (Å²) in [5, 5.41) is 11.5. The molecule has 0 fully saturated rings. The molecule has 6 nitrogen and oxygen atoms in total. The van der Waals surface area contributed by atoms with Crippen LogP contribution in [0.15, 0.2) is 70.5 Å². The quantitative estimate of drug-likeness (QED) is 0.379. The summed E-state index contributed by atoms with van der Waals surface area (Å²) in [7, 11) is 0. The van der Waals surface area contributed by atoms with Gasteiger partial charge >= 0.3 is 0 Å². The van der Waals surface area contributed by atoms with Crippen molar-refractivity contribution in [2.45, 2.75) is 6.92 Å². The van der Waals surface area contributed by atoms with Gasteiger partial charge in [0.05, 0.1) is 11.4 Å². The van der Waals surface area contributed by atoms with Crippen molar-refractivity contribution < 1.29 is 9.21 Å². The maximum Gasteiger partial charge on any atom is 0.292 e. The lowest BCUT2D eigenvalue weighted by Crippen LogP contribution is -2.14. The molecule has 0 atom stereocenters. The molecule has 0 aliphatic heterocycles. The van der Waals surface area contributed by atoms with Crippen LogP contribution in [0.4, 0.5) is 5.82 Å². The van der Waals surface area contributed by atoms with Crippen molar-refractivity contribution >= 4 is 45.6 Å². The van der Waals surface area contributed by atoms with Crippen LogP contribution in [0.2, 0.25) is 5.02 Å². The van der Waals surface area contributed by atoms with E-state index in [4.69, 9.17) is 16.0 Å². The minimum Gasteiger partial charge on any atom is -0.451 e. The summed E-state index contributed by atoms with van der Waals surface area (Å²) >= 11 is 7.41. The number of aryl methyl sites for hydroxylation is 1. The van der Waals surface area contributed by atoms with Crippen LogP contribution in [0.5, 0.6) is 0 Å². The van der Waals surface area contributed by atoms with Gasteiger partial charge in [-0.15, -0.1) is 11.3 Å². The van der Waals surface area contributed by atoms with Gasteiger partial charge in [0.25, 0.3) is 5.91 Å². The molecule has 8 heteroatoms. The van der Waals surface area contributed by atoms with Gasteiger partial charge in [0.1, 0.15) is 11.4 Å². The molecule has 0 saturated heterocycles. The van der Waals surface area contributed by atoms with Gasteiger partial charge < -0.3 is 9.73 Å². The Balaban J connectivity index is 1.44. The number of anilines is 1. The Hall–Kier alpha value is -3.42. The van der Waals surface area contributed by atoms with Gasteiger partial charge in [-0.3, -0.25) is 4.79 Å². The first kappa shape index (κ1) is 18.6. The third kappa shape index (κ3) is 3.49. The average molecular weight is 435 g/mol. The Morgan fingerprint density at radius 1 is 1.13 bits per heavy atom. The normalized spacial score (nSPS) is 11.1. The average Bonchev–Trinajstić information content (AvgIpc) is 3.46. The zero-order valence-electron chi connectivity index (χ0n) is 15.8. The second-order valence-electron chi connectivity index (χ2n) is 6.71. The molecule has 30 heavy (non-hydrogen) atoms. The molecule has 1 amide bonds. The van der Waals surface area contributed by atoms with Crippen molar-refractivity contribution in [2.75, 3.05) is 5.32 Å². The van der Waals surface area contributed by atoms with E-state index in [0.717, 1.165) is 22.3 Å². The van der Waals surface area contributed by atoms with Gasteiger partial charge in [-0.1, -0.05) is 41.9 Å². The number of nitrogens with zero attached hydrogens (tertiary/aromatic N) is 3. The topological polar surface area (TPSA) is 73.0 Å². The number of thiazole rings is 1. The zero-order chi connectivity index (χ0) is 20.7. The second kappa shape index (κ2) is 7.44. The number of nitrogens with one attached hydrogen (secondary N) is 1. The Labute approximate surface area is 180 Å². The number of carbonyl (C=O) groups excluding carboxylic acids is 1. The maximum atomic E-state index is 12.8. The van der Waals surface area contributed by atoms with E-state index in [1.54, 1.807) is 16.8 Å². The predicted octanol–water partition coefficient (Wildman–Crippen LogP) is 5.96. The van der Waals surface area contributed by atoms with Crippen molar-refractivity contribution in [1.29, 1.82) is 0 Å². The van der Waals surface area contributed by atoms with Crippen LogP contribution in [0.1, 0.15) is 16.2 Å². The van der Waals surface area contributed by atoms with Gasteiger partial charge in [0.15, 0.2) is 5.76 Å². The van der Waals surface area contributed by atoms with Crippen molar-refractivity contribution in [3.05, 3.63) is 82.5 Å². The summed E-state index contributed by atoms with van der Waals surface area (Å²) in [4.78, 5) is 17.4. The van der Waals surface area contributed by atoms with Crippen LogP contribution in [-0.4, -0.2) is 20.7 Å². The van der Waals surface area contributed by atoms with Crippen LogP contribution < -0.4 is 5.32 Å². The number of hydrogen-bond donors (Lipinski definition) is 1. The summed E-state index contributed by atoms with van der Waals surface area (Å²) in [5.74, 6) is 0.416. The molecule has 0 aliphatic rings. The van der Waals surface area contributed by atoms with Crippen molar-refractivity contribution in [3.8, 4) is 16.4 Å². The molecule has 3 heterocycles. The Morgan fingerprint density at radius 3 is 2.73 bits per heavy atom. The summed E-state index contributed by atoms with van der Waals surface area (Å²) in [6.07, 6.45) is 0. The SMILES string of the molecule is Cc1cc(NC(=O)c2cc3ccccc3o2)n(-c2nc(-c3ccc(Cl)cc3)cs2)n1. The van der Waals surface area contributed by atoms with Gasteiger partial charge in [-0.2, -0.15) is 9.78 Å². The third-order valence-corrected chi connectivity index (χ3v) is 5.60. The lowest BCUT2D eigenvalue weighted by Gasteiger charge is -2.05. The number of carbonyl (C=O) groups is 1. The highest BCUT2D eigenvalue weighted by molar-refractivity contribution is 7.12. The molecule has 0 radical (unpaired) electrons. The van der Waals surface area contributed by atoms with Gasteiger partial charge in [-0.05, 0) is 31.2 Å². The highest BCUT2D eigenvalue weighted by Gasteiger charge is 2.18. The fourth-order valence-corrected chi connectivity index (χ4v) is 4.04. The molecule has 5 aromatic rings. The molecular formula is C22H15ClN4O2S. The number of para-hydroxylation sites is 1. The third-order valence-electron chi connectivity index (χ3n) is 4.54. The Kier molecular flexibility index (Phi) is 4.61. The van der Waals surface area contributed by atoms with E-state index < -0.39 is 0 Å². The second-order valence-corrected chi connectivity index (χ2v) is 7.98. The van der Waals surface area contributed by atoms with Gasteiger partial charge in [0, 0.05) is 27.4 Å². The molecule has 148 valence electrons. The molecule has 3 aromatic heterocycles. The van der Waals surface area contributed by atoms with Crippen molar-refractivity contribution in [1.82, 2.24) is 14.8 Å². The largest absolute Gasteiger partial charge is 0.451 e. The first-order valence-electron chi connectivity index (χ1n) is 9.15. The van der Waals surface area contributed by atoms with E-state index in [1.165, 1.54) is 11.3 Å². The number of rotatable bonds is 4. The highest BCUT2D eigenvalue weighted by Crippen LogP contribution is 2.28. The van der Waals surface area contributed by atoms with Crippen LogP contribution in [-0.2, 0) is 0 Å². The molecule has 2 aromatic carbocycles. The molecule has 0 spiro atoms. The predicted molar refractivity (Wildman–Crippen MR) is 119 cm³/mol.